The second kappa shape index (κ2) is 7.98. The Bertz CT molecular complexity index is 1780. The zero-order chi connectivity index (χ0) is 26.9. The summed E-state index contributed by atoms with van der Waals surface area (Å²) in [5.74, 6) is -4.58. The Hall–Kier alpha value is -5.04. The number of hydrogen-bond acceptors (Lipinski definition) is 7. The molecule has 0 bridgehead atoms. The summed E-state index contributed by atoms with van der Waals surface area (Å²) in [7, 11) is 0. The molecule has 0 saturated carbocycles. The van der Waals surface area contributed by atoms with E-state index in [9.17, 15) is 30.6 Å². The van der Waals surface area contributed by atoms with Crippen LogP contribution in [0.25, 0.3) is 33.0 Å². The molecule has 0 aliphatic heterocycles. The van der Waals surface area contributed by atoms with Crippen molar-refractivity contribution in [2.45, 2.75) is 19.3 Å². The Morgan fingerprint density at radius 2 is 1.16 bits per heavy atom. The van der Waals surface area contributed by atoms with E-state index in [1.807, 2.05) is 30.3 Å². The lowest BCUT2D eigenvalue weighted by Crippen LogP contribution is -2.15. The summed E-state index contributed by atoms with van der Waals surface area (Å²) in [4.78, 5) is 0. The molecule has 0 heterocycles. The molecular weight excluding hydrogens is 482 g/mol. The molecule has 0 unspecified atom stereocenters. The van der Waals surface area contributed by atoms with Gasteiger partial charge in [-0.1, -0.05) is 74.5 Å². The third kappa shape index (κ3) is 3.08. The van der Waals surface area contributed by atoms with Gasteiger partial charge in [0, 0.05) is 22.1 Å². The zero-order valence-electron chi connectivity index (χ0n) is 20.6. The van der Waals surface area contributed by atoms with Gasteiger partial charge >= 0.3 is 0 Å². The van der Waals surface area contributed by atoms with Crippen LogP contribution in [0.2, 0.25) is 0 Å². The summed E-state index contributed by atoms with van der Waals surface area (Å²) < 4.78 is 0. The Labute approximate surface area is 218 Å². The van der Waals surface area contributed by atoms with Crippen LogP contribution in [-0.4, -0.2) is 30.6 Å². The van der Waals surface area contributed by atoms with Crippen LogP contribution in [0, 0.1) is 0 Å². The van der Waals surface area contributed by atoms with Crippen molar-refractivity contribution in [3.05, 3.63) is 83.9 Å². The molecule has 6 rings (SSSR count). The first-order chi connectivity index (χ1) is 18.1. The van der Waals surface area contributed by atoms with Crippen LogP contribution in [0.15, 0.2) is 72.8 Å². The maximum absolute atomic E-state index is 11.2. The lowest BCUT2D eigenvalue weighted by atomic mass is 9.82. The molecule has 1 aliphatic rings. The smallest absolute Gasteiger partial charge is 0.205 e. The van der Waals surface area contributed by atoms with Crippen LogP contribution in [0.4, 0.5) is 11.4 Å². The highest BCUT2D eigenvalue weighted by Crippen LogP contribution is 2.59. The minimum absolute atomic E-state index is 0.0164. The monoisotopic (exact) mass is 507 g/mol. The van der Waals surface area contributed by atoms with Gasteiger partial charge < -0.3 is 36.0 Å². The van der Waals surface area contributed by atoms with Crippen molar-refractivity contribution in [2.75, 3.05) is 5.32 Å². The maximum atomic E-state index is 11.2. The van der Waals surface area contributed by atoms with Gasteiger partial charge in [-0.05, 0) is 39.9 Å². The lowest BCUT2D eigenvalue weighted by Gasteiger charge is -2.23. The van der Waals surface area contributed by atoms with Crippen LogP contribution in [-0.2, 0) is 5.41 Å². The SMILES string of the molecule is CC1(C)c2ccccc2-c2ccc(Nc3c(O)c(O)c(-c4ccccc4)c4c(O)c(O)c(O)c(O)c34)cc21. The summed E-state index contributed by atoms with van der Waals surface area (Å²) in [5.41, 5.74) is 4.95. The van der Waals surface area contributed by atoms with E-state index in [0.29, 0.717) is 11.3 Å². The van der Waals surface area contributed by atoms with Gasteiger partial charge in [0.25, 0.3) is 0 Å². The van der Waals surface area contributed by atoms with Crippen LogP contribution >= 0.6 is 0 Å². The van der Waals surface area contributed by atoms with Crippen molar-refractivity contribution in [3.63, 3.8) is 0 Å². The van der Waals surface area contributed by atoms with Crippen LogP contribution < -0.4 is 5.32 Å². The largest absolute Gasteiger partial charge is 0.504 e. The average Bonchev–Trinajstić information content (AvgIpc) is 3.15. The second-order valence-electron chi connectivity index (χ2n) is 10.0. The third-order valence-electron chi connectivity index (χ3n) is 7.51. The first-order valence-corrected chi connectivity index (χ1v) is 12.1. The predicted molar refractivity (Wildman–Crippen MR) is 147 cm³/mol. The fourth-order valence-electron chi connectivity index (χ4n) is 5.59. The Morgan fingerprint density at radius 1 is 0.553 bits per heavy atom. The standard InChI is InChI=1S/C31H25NO6/c1-31(2)19-11-7-6-10-17(19)18-13-12-16(14-20(18)31)32-24-23-22(26(34)29(37)30(38)27(23)35)21(25(33)28(24)36)15-8-4-3-5-9-15/h3-14,32-38H,1-2H3. The summed E-state index contributed by atoms with van der Waals surface area (Å²) in [6.07, 6.45) is 0. The summed E-state index contributed by atoms with van der Waals surface area (Å²) in [5, 5.41) is 67.5. The third-order valence-corrected chi connectivity index (χ3v) is 7.51. The van der Waals surface area contributed by atoms with E-state index >= 15 is 0 Å². The van der Waals surface area contributed by atoms with Gasteiger partial charge in [0.1, 0.15) is 0 Å². The molecule has 38 heavy (non-hydrogen) atoms. The number of benzene rings is 5. The van der Waals surface area contributed by atoms with Crippen molar-refractivity contribution in [1.29, 1.82) is 0 Å². The predicted octanol–water partition coefficient (Wildman–Crippen LogP) is 6.79. The van der Waals surface area contributed by atoms with Gasteiger partial charge in [0.05, 0.1) is 11.1 Å². The second-order valence-corrected chi connectivity index (χ2v) is 10.0. The number of aromatic hydroxyl groups is 6. The molecule has 5 aromatic carbocycles. The van der Waals surface area contributed by atoms with Gasteiger partial charge in [0.15, 0.2) is 23.0 Å². The number of anilines is 2. The Kier molecular flexibility index (Phi) is 4.91. The Balaban J connectivity index is 1.60. The highest BCUT2D eigenvalue weighted by atomic mass is 16.3. The molecular formula is C31H25NO6. The molecule has 7 N–H and O–H groups in total. The number of nitrogens with one attached hydrogen (secondary N) is 1. The van der Waals surface area contributed by atoms with Gasteiger partial charge in [-0.15, -0.1) is 0 Å². The quantitative estimate of drug-likeness (QED) is 0.106. The zero-order valence-corrected chi connectivity index (χ0v) is 20.6. The number of phenols is 6. The van der Waals surface area contributed by atoms with Gasteiger partial charge in [-0.3, -0.25) is 0 Å². The molecule has 1 aliphatic carbocycles. The highest BCUT2D eigenvalue weighted by molar-refractivity contribution is 6.16. The van der Waals surface area contributed by atoms with E-state index in [1.54, 1.807) is 30.3 Å². The van der Waals surface area contributed by atoms with Gasteiger partial charge in [-0.2, -0.15) is 0 Å². The van der Waals surface area contributed by atoms with E-state index in [4.69, 9.17) is 0 Å². The highest BCUT2D eigenvalue weighted by Gasteiger charge is 2.35. The minimum Gasteiger partial charge on any atom is -0.504 e. The van der Waals surface area contributed by atoms with E-state index in [1.165, 1.54) is 5.56 Å². The summed E-state index contributed by atoms with van der Waals surface area (Å²) in [6.45, 7) is 4.25. The number of hydrogen-bond donors (Lipinski definition) is 7. The number of fused-ring (bicyclic) bond motifs is 4. The first kappa shape index (κ1) is 23.4. The summed E-state index contributed by atoms with van der Waals surface area (Å²) in [6, 6.07) is 22.3. The first-order valence-electron chi connectivity index (χ1n) is 12.1. The number of phenolic OH excluding ortho intramolecular Hbond substituents is 6. The minimum atomic E-state index is -0.951. The molecule has 0 saturated heterocycles. The normalized spacial score (nSPS) is 13.3. The topological polar surface area (TPSA) is 133 Å². The molecule has 190 valence electrons. The van der Waals surface area contributed by atoms with Crippen molar-refractivity contribution in [1.82, 2.24) is 0 Å². The molecule has 0 fully saturated rings. The Morgan fingerprint density at radius 3 is 1.87 bits per heavy atom. The average molecular weight is 508 g/mol. The van der Waals surface area contributed by atoms with Gasteiger partial charge in [-0.25, -0.2) is 0 Å². The molecule has 5 aromatic rings. The maximum Gasteiger partial charge on any atom is 0.205 e. The van der Waals surface area contributed by atoms with E-state index in [2.05, 4.69) is 31.3 Å². The van der Waals surface area contributed by atoms with Crippen molar-refractivity contribution in [3.8, 4) is 56.8 Å². The molecule has 0 aromatic heterocycles. The molecule has 0 radical (unpaired) electrons. The molecule has 0 amide bonds. The van der Waals surface area contributed by atoms with E-state index in [0.717, 1.165) is 16.7 Å². The van der Waals surface area contributed by atoms with Crippen LogP contribution in [0.1, 0.15) is 25.0 Å². The molecule has 0 atom stereocenters. The fourth-order valence-corrected chi connectivity index (χ4v) is 5.59. The van der Waals surface area contributed by atoms with Crippen molar-refractivity contribution >= 4 is 22.1 Å². The molecule has 7 nitrogen and oxygen atoms in total. The van der Waals surface area contributed by atoms with Crippen molar-refractivity contribution < 1.29 is 30.6 Å². The summed E-state index contributed by atoms with van der Waals surface area (Å²) >= 11 is 0. The van der Waals surface area contributed by atoms with E-state index < -0.39 is 34.5 Å². The number of rotatable bonds is 3. The van der Waals surface area contributed by atoms with Crippen molar-refractivity contribution in [2.24, 2.45) is 0 Å². The molecule has 7 heteroatoms. The van der Waals surface area contributed by atoms with E-state index in [-0.39, 0.29) is 27.4 Å². The fraction of sp³-hybridized carbons (Fsp3) is 0.0968. The lowest BCUT2D eigenvalue weighted by molar-refractivity contribution is 0.350. The van der Waals surface area contributed by atoms with Crippen LogP contribution in [0.5, 0.6) is 34.5 Å². The van der Waals surface area contributed by atoms with Gasteiger partial charge in [0.2, 0.25) is 11.5 Å². The van der Waals surface area contributed by atoms with Crippen LogP contribution in [0.3, 0.4) is 0 Å². The molecule has 0 spiro atoms.